The number of anilines is 1. The Hall–Kier alpha value is -2.51. The van der Waals surface area contributed by atoms with Gasteiger partial charge in [0.2, 0.25) is 0 Å². The van der Waals surface area contributed by atoms with Gasteiger partial charge in [-0.2, -0.15) is 0 Å². The van der Waals surface area contributed by atoms with E-state index in [0.29, 0.717) is 12.1 Å². The number of rotatable bonds is 3. The summed E-state index contributed by atoms with van der Waals surface area (Å²) in [5.74, 6) is 0.140. The van der Waals surface area contributed by atoms with Crippen molar-refractivity contribution in [2.45, 2.75) is 64.2 Å². The molecular formula is C19H30N4O4. The third-order valence-electron chi connectivity index (χ3n) is 4.63. The Bertz CT molecular complexity index is 674. The van der Waals surface area contributed by atoms with E-state index in [1.165, 1.54) is 7.05 Å². The molecule has 2 rings (SSSR count). The van der Waals surface area contributed by atoms with Gasteiger partial charge in [-0.05, 0) is 57.1 Å². The van der Waals surface area contributed by atoms with Crippen LogP contribution in [0.3, 0.4) is 0 Å². The lowest BCUT2D eigenvalue weighted by atomic mass is 9.74. The average Bonchev–Trinajstić information content (AvgIpc) is 2.56. The number of hydrogen-bond donors (Lipinski definition) is 3. The van der Waals surface area contributed by atoms with Crippen LogP contribution in [0, 0.1) is 5.92 Å². The van der Waals surface area contributed by atoms with Crippen LogP contribution >= 0.6 is 0 Å². The predicted octanol–water partition coefficient (Wildman–Crippen LogP) is 2.80. The van der Waals surface area contributed by atoms with Crippen LogP contribution in [0.5, 0.6) is 0 Å². The number of carbonyl (C=O) groups is 2. The van der Waals surface area contributed by atoms with Crippen molar-refractivity contribution in [2.75, 3.05) is 12.8 Å². The van der Waals surface area contributed by atoms with Gasteiger partial charge in [-0.25, -0.2) is 9.59 Å². The van der Waals surface area contributed by atoms with Crippen LogP contribution in [0.4, 0.5) is 15.3 Å². The van der Waals surface area contributed by atoms with Crippen LogP contribution in [-0.2, 0) is 9.47 Å². The number of pyridine rings is 1. The highest BCUT2D eigenvalue weighted by Crippen LogP contribution is 2.39. The van der Waals surface area contributed by atoms with Gasteiger partial charge < -0.3 is 25.8 Å². The molecule has 150 valence electrons. The Kier molecular flexibility index (Phi) is 6.51. The number of hydrogen-bond acceptors (Lipinski definition) is 6. The van der Waals surface area contributed by atoms with E-state index in [1.807, 2.05) is 13.0 Å². The van der Waals surface area contributed by atoms with Gasteiger partial charge in [-0.3, -0.25) is 4.98 Å². The van der Waals surface area contributed by atoms with Gasteiger partial charge in [0.15, 0.2) is 0 Å². The first-order valence-electron chi connectivity index (χ1n) is 9.18. The molecule has 1 aromatic heterocycles. The van der Waals surface area contributed by atoms with Crippen molar-refractivity contribution in [1.82, 2.24) is 15.6 Å². The smallest absolute Gasteiger partial charge is 0.408 e. The van der Waals surface area contributed by atoms with Crippen LogP contribution < -0.4 is 16.4 Å². The standard InChI is InChI=1S/C19H30N4O4/c1-11-8-12(13-6-7-22-10-14(13)20)9-15(16(11)26-17(24)21-5)23-18(25)27-19(2,3)4/h6-7,10-12,15-16H,8-9,20H2,1-5H3,(H,21,24)(H,23,25)/t11-,12+,15+,16-/m0/s1. The average molecular weight is 378 g/mol. The molecule has 0 saturated heterocycles. The lowest BCUT2D eigenvalue weighted by Gasteiger charge is -2.40. The summed E-state index contributed by atoms with van der Waals surface area (Å²) in [4.78, 5) is 28.1. The van der Waals surface area contributed by atoms with E-state index in [2.05, 4.69) is 15.6 Å². The maximum atomic E-state index is 12.3. The summed E-state index contributed by atoms with van der Waals surface area (Å²) in [5.41, 5.74) is 7.09. The molecule has 2 amide bonds. The third-order valence-corrected chi connectivity index (χ3v) is 4.63. The van der Waals surface area contributed by atoms with Crippen LogP contribution in [0.2, 0.25) is 0 Å². The number of alkyl carbamates (subject to hydrolysis) is 2. The molecule has 0 spiro atoms. The molecule has 27 heavy (non-hydrogen) atoms. The van der Waals surface area contributed by atoms with Crippen LogP contribution in [-0.4, -0.2) is 42.0 Å². The van der Waals surface area contributed by atoms with Crippen molar-refractivity contribution in [3.05, 3.63) is 24.0 Å². The fraction of sp³-hybridized carbons (Fsp3) is 0.632. The Morgan fingerprint density at radius 2 is 1.96 bits per heavy atom. The highest BCUT2D eigenvalue weighted by molar-refractivity contribution is 5.69. The number of carbonyl (C=O) groups excluding carboxylic acids is 2. The molecule has 4 atom stereocenters. The second-order valence-corrected chi connectivity index (χ2v) is 8.02. The molecule has 1 saturated carbocycles. The van der Waals surface area contributed by atoms with E-state index in [0.717, 1.165) is 12.0 Å². The van der Waals surface area contributed by atoms with E-state index in [9.17, 15) is 9.59 Å². The molecule has 0 unspecified atom stereocenters. The Balaban J connectivity index is 2.22. The summed E-state index contributed by atoms with van der Waals surface area (Å²) in [6.07, 6.45) is 3.18. The van der Waals surface area contributed by atoms with Crippen molar-refractivity contribution in [2.24, 2.45) is 5.92 Å². The summed E-state index contributed by atoms with van der Waals surface area (Å²) in [5, 5.41) is 5.35. The van der Waals surface area contributed by atoms with E-state index >= 15 is 0 Å². The fourth-order valence-electron chi connectivity index (χ4n) is 3.54. The van der Waals surface area contributed by atoms with Crippen LogP contribution in [0.15, 0.2) is 18.5 Å². The molecular weight excluding hydrogens is 348 g/mol. The SMILES string of the molecule is CNC(=O)O[C@H]1[C@@H](C)C[C@@H](c2ccncc2N)C[C@H]1NC(=O)OC(C)(C)C. The monoisotopic (exact) mass is 378 g/mol. The highest BCUT2D eigenvalue weighted by Gasteiger charge is 2.40. The predicted molar refractivity (Wildman–Crippen MR) is 102 cm³/mol. The molecule has 0 aliphatic heterocycles. The Labute approximate surface area is 160 Å². The lowest BCUT2D eigenvalue weighted by molar-refractivity contribution is 0.00456. The van der Waals surface area contributed by atoms with E-state index in [4.69, 9.17) is 15.2 Å². The quantitative estimate of drug-likeness (QED) is 0.745. The first-order valence-corrected chi connectivity index (χ1v) is 9.18. The first-order chi connectivity index (χ1) is 12.6. The molecule has 0 bridgehead atoms. The van der Waals surface area contributed by atoms with Crippen molar-refractivity contribution in [3.63, 3.8) is 0 Å². The summed E-state index contributed by atoms with van der Waals surface area (Å²) in [7, 11) is 1.51. The van der Waals surface area contributed by atoms with Crippen molar-refractivity contribution >= 4 is 17.9 Å². The molecule has 8 nitrogen and oxygen atoms in total. The molecule has 1 aliphatic rings. The first kappa shape index (κ1) is 20.8. The van der Waals surface area contributed by atoms with Crippen LogP contribution in [0.25, 0.3) is 0 Å². The van der Waals surface area contributed by atoms with Gasteiger partial charge in [0.25, 0.3) is 0 Å². The van der Waals surface area contributed by atoms with Gasteiger partial charge in [0, 0.05) is 13.2 Å². The number of aromatic nitrogens is 1. The second kappa shape index (κ2) is 8.45. The fourth-order valence-corrected chi connectivity index (χ4v) is 3.54. The molecule has 4 N–H and O–H groups in total. The molecule has 0 aromatic carbocycles. The van der Waals surface area contributed by atoms with E-state index in [1.54, 1.807) is 33.2 Å². The molecule has 8 heteroatoms. The number of nitrogen functional groups attached to an aromatic ring is 1. The third kappa shape index (κ3) is 5.74. The number of nitrogens with one attached hydrogen (secondary N) is 2. The minimum atomic E-state index is -0.615. The van der Waals surface area contributed by atoms with Crippen molar-refractivity contribution in [3.8, 4) is 0 Å². The normalized spacial score (nSPS) is 25.4. The summed E-state index contributed by atoms with van der Waals surface area (Å²) >= 11 is 0. The largest absolute Gasteiger partial charge is 0.444 e. The van der Waals surface area contributed by atoms with Crippen molar-refractivity contribution in [1.29, 1.82) is 0 Å². The maximum Gasteiger partial charge on any atom is 0.408 e. The number of nitrogens with zero attached hydrogens (tertiary/aromatic N) is 1. The van der Waals surface area contributed by atoms with E-state index < -0.39 is 29.9 Å². The van der Waals surface area contributed by atoms with E-state index in [-0.39, 0.29) is 11.8 Å². The van der Waals surface area contributed by atoms with Gasteiger partial charge >= 0.3 is 12.2 Å². The maximum absolute atomic E-state index is 12.3. The van der Waals surface area contributed by atoms with Gasteiger partial charge in [-0.1, -0.05) is 6.92 Å². The summed E-state index contributed by atoms with van der Waals surface area (Å²) in [6, 6.07) is 1.51. The lowest BCUT2D eigenvalue weighted by Crippen LogP contribution is -2.53. The zero-order chi connectivity index (χ0) is 20.2. The van der Waals surface area contributed by atoms with Gasteiger partial charge in [-0.15, -0.1) is 0 Å². The molecule has 1 heterocycles. The molecule has 1 fully saturated rings. The van der Waals surface area contributed by atoms with Crippen LogP contribution in [0.1, 0.15) is 52.0 Å². The topological polar surface area (TPSA) is 116 Å². The van der Waals surface area contributed by atoms with Gasteiger partial charge in [0.1, 0.15) is 11.7 Å². The van der Waals surface area contributed by atoms with Crippen molar-refractivity contribution < 1.29 is 19.1 Å². The summed E-state index contributed by atoms with van der Waals surface area (Å²) in [6.45, 7) is 7.40. The molecule has 0 radical (unpaired) electrons. The molecule has 1 aromatic rings. The number of nitrogens with two attached hydrogens (primary N) is 1. The summed E-state index contributed by atoms with van der Waals surface area (Å²) < 4.78 is 10.9. The Morgan fingerprint density at radius 3 is 2.56 bits per heavy atom. The zero-order valence-corrected chi connectivity index (χ0v) is 16.6. The van der Waals surface area contributed by atoms with Gasteiger partial charge in [0.05, 0.1) is 17.9 Å². The minimum Gasteiger partial charge on any atom is -0.444 e. The minimum absolute atomic E-state index is 0.0218. The zero-order valence-electron chi connectivity index (χ0n) is 16.6. The Morgan fingerprint density at radius 1 is 1.26 bits per heavy atom. The highest BCUT2D eigenvalue weighted by atomic mass is 16.6. The second-order valence-electron chi connectivity index (χ2n) is 8.02. The molecule has 1 aliphatic carbocycles. The number of ether oxygens (including phenoxy) is 2. The number of amides is 2.